The minimum absolute atomic E-state index is 0.337. The summed E-state index contributed by atoms with van der Waals surface area (Å²) < 4.78 is 15.8. The van der Waals surface area contributed by atoms with Crippen LogP contribution in [0, 0.1) is 0 Å². The number of nitrogens with one attached hydrogen (secondary N) is 1. The van der Waals surface area contributed by atoms with Gasteiger partial charge in [-0.05, 0) is 30.5 Å². The number of carbonyl (C=O) groups is 1. The zero-order chi connectivity index (χ0) is 17.8. The number of amides is 1. The van der Waals surface area contributed by atoms with Crippen LogP contribution in [0.15, 0.2) is 41.5 Å². The molecule has 0 atom stereocenters. The van der Waals surface area contributed by atoms with Gasteiger partial charge >= 0.3 is 0 Å². The summed E-state index contributed by atoms with van der Waals surface area (Å²) in [7, 11) is 4.53. The zero-order valence-corrected chi connectivity index (χ0v) is 14.5. The van der Waals surface area contributed by atoms with Gasteiger partial charge < -0.3 is 14.2 Å². The molecule has 0 unspecified atom stereocenters. The molecular weight excluding hydrogens is 320 g/mol. The van der Waals surface area contributed by atoms with E-state index in [0.29, 0.717) is 22.8 Å². The van der Waals surface area contributed by atoms with Gasteiger partial charge in [-0.15, -0.1) is 0 Å². The molecule has 0 aliphatic heterocycles. The van der Waals surface area contributed by atoms with Crippen LogP contribution in [0.4, 0.5) is 0 Å². The van der Waals surface area contributed by atoms with Crippen LogP contribution < -0.4 is 19.6 Å². The van der Waals surface area contributed by atoms with Gasteiger partial charge in [0.2, 0.25) is 5.75 Å². The quantitative estimate of drug-likeness (QED) is 0.850. The molecule has 0 saturated heterocycles. The summed E-state index contributed by atoms with van der Waals surface area (Å²) in [5.41, 5.74) is 6.23. The highest BCUT2D eigenvalue weighted by molar-refractivity contribution is 6.05. The molecule has 0 aromatic heterocycles. The SMILES string of the molecule is COc1cc(C(=O)N/N=C2\CCc3ccccc32)cc(OC)c1OC. The Morgan fingerprint density at radius 1 is 1.00 bits per heavy atom. The zero-order valence-electron chi connectivity index (χ0n) is 14.5. The molecule has 1 aliphatic carbocycles. The highest BCUT2D eigenvalue weighted by Crippen LogP contribution is 2.38. The Kier molecular flexibility index (Phi) is 4.88. The van der Waals surface area contributed by atoms with Crippen molar-refractivity contribution in [3.8, 4) is 17.2 Å². The van der Waals surface area contributed by atoms with Gasteiger partial charge in [-0.2, -0.15) is 5.10 Å². The maximum Gasteiger partial charge on any atom is 0.271 e. The average molecular weight is 340 g/mol. The minimum Gasteiger partial charge on any atom is -0.493 e. The van der Waals surface area contributed by atoms with E-state index < -0.39 is 0 Å². The number of nitrogens with zero attached hydrogens (tertiary/aromatic N) is 1. The molecule has 6 heteroatoms. The second-order valence-corrected chi connectivity index (χ2v) is 5.57. The number of rotatable bonds is 5. The van der Waals surface area contributed by atoms with Gasteiger partial charge in [0.1, 0.15) is 0 Å². The summed E-state index contributed by atoms with van der Waals surface area (Å²) in [6.07, 6.45) is 1.75. The molecule has 2 aromatic rings. The van der Waals surface area contributed by atoms with Crippen LogP contribution in [-0.4, -0.2) is 32.9 Å². The van der Waals surface area contributed by atoms with Crippen molar-refractivity contribution in [1.29, 1.82) is 0 Å². The molecule has 1 aliphatic rings. The molecule has 0 heterocycles. The van der Waals surface area contributed by atoms with Crippen LogP contribution in [-0.2, 0) is 6.42 Å². The van der Waals surface area contributed by atoms with Crippen LogP contribution in [0.1, 0.15) is 27.9 Å². The molecule has 25 heavy (non-hydrogen) atoms. The molecule has 0 saturated carbocycles. The van der Waals surface area contributed by atoms with Crippen molar-refractivity contribution in [3.05, 3.63) is 53.1 Å². The Hall–Kier alpha value is -3.02. The first-order chi connectivity index (χ1) is 12.2. The summed E-state index contributed by atoms with van der Waals surface area (Å²) in [5, 5.41) is 4.30. The Labute approximate surface area is 146 Å². The third kappa shape index (κ3) is 3.28. The second-order valence-electron chi connectivity index (χ2n) is 5.57. The number of ether oxygens (including phenoxy) is 3. The lowest BCUT2D eigenvalue weighted by atomic mass is 10.1. The lowest BCUT2D eigenvalue weighted by Gasteiger charge is -2.13. The van der Waals surface area contributed by atoms with E-state index in [1.165, 1.54) is 26.9 Å². The third-order valence-corrected chi connectivity index (χ3v) is 4.18. The highest BCUT2D eigenvalue weighted by atomic mass is 16.5. The van der Waals surface area contributed by atoms with Gasteiger partial charge in [0, 0.05) is 11.1 Å². The number of hydrogen-bond donors (Lipinski definition) is 1. The topological polar surface area (TPSA) is 69.2 Å². The molecule has 130 valence electrons. The van der Waals surface area contributed by atoms with E-state index in [9.17, 15) is 4.79 Å². The molecular formula is C19H20N2O4. The molecule has 2 aromatic carbocycles. The van der Waals surface area contributed by atoms with Crippen LogP contribution in [0.5, 0.6) is 17.2 Å². The van der Waals surface area contributed by atoms with Gasteiger partial charge in [0.05, 0.1) is 27.0 Å². The summed E-state index contributed by atoms with van der Waals surface area (Å²) in [6.45, 7) is 0. The Morgan fingerprint density at radius 3 is 2.32 bits per heavy atom. The maximum atomic E-state index is 12.5. The molecule has 1 N–H and O–H groups in total. The Balaban J connectivity index is 1.84. The van der Waals surface area contributed by atoms with Crippen LogP contribution in [0.25, 0.3) is 0 Å². The van der Waals surface area contributed by atoms with E-state index in [4.69, 9.17) is 14.2 Å². The summed E-state index contributed by atoms with van der Waals surface area (Å²) >= 11 is 0. The standard InChI is InChI=1S/C19H20N2O4/c1-23-16-10-13(11-17(24-2)18(16)25-3)19(22)21-20-15-9-8-12-6-4-5-7-14(12)15/h4-7,10-11H,8-9H2,1-3H3,(H,21,22)/b20-15+. The normalized spacial score (nSPS) is 14.1. The minimum atomic E-state index is -0.337. The van der Waals surface area contributed by atoms with Gasteiger partial charge in [-0.25, -0.2) is 5.43 Å². The number of fused-ring (bicyclic) bond motifs is 1. The van der Waals surface area contributed by atoms with Crippen molar-refractivity contribution in [3.63, 3.8) is 0 Å². The van der Waals surface area contributed by atoms with Crippen molar-refractivity contribution in [2.24, 2.45) is 5.10 Å². The van der Waals surface area contributed by atoms with E-state index in [1.54, 1.807) is 12.1 Å². The Morgan fingerprint density at radius 2 is 1.68 bits per heavy atom. The molecule has 1 amide bonds. The first-order valence-corrected chi connectivity index (χ1v) is 7.93. The fraction of sp³-hybridized carbons (Fsp3) is 0.263. The van der Waals surface area contributed by atoms with Crippen LogP contribution >= 0.6 is 0 Å². The second kappa shape index (κ2) is 7.25. The number of benzene rings is 2. The predicted molar refractivity (Wildman–Crippen MR) is 94.9 cm³/mol. The van der Waals surface area contributed by atoms with Crippen LogP contribution in [0.3, 0.4) is 0 Å². The predicted octanol–water partition coefficient (Wildman–Crippen LogP) is 2.79. The monoisotopic (exact) mass is 340 g/mol. The van der Waals surface area contributed by atoms with Gasteiger partial charge in [-0.3, -0.25) is 4.79 Å². The largest absolute Gasteiger partial charge is 0.493 e. The van der Waals surface area contributed by atoms with Crippen LogP contribution in [0.2, 0.25) is 0 Å². The smallest absolute Gasteiger partial charge is 0.271 e. The molecule has 6 nitrogen and oxygen atoms in total. The summed E-state index contributed by atoms with van der Waals surface area (Å²) in [6, 6.07) is 11.3. The summed E-state index contributed by atoms with van der Waals surface area (Å²) in [4.78, 5) is 12.5. The molecule has 0 fully saturated rings. The first kappa shape index (κ1) is 16.8. The van der Waals surface area contributed by atoms with Gasteiger partial charge in [0.25, 0.3) is 5.91 Å². The van der Waals surface area contributed by atoms with Crippen molar-refractivity contribution in [1.82, 2.24) is 5.43 Å². The first-order valence-electron chi connectivity index (χ1n) is 7.93. The van der Waals surface area contributed by atoms with Crippen molar-refractivity contribution in [2.45, 2.75) is 12.8 Å². The van der Waals surface area contributed by atoms with Gasteiger partial charge in [0.15, 0.2) is 11.5 Å². The number of methoxy groups -OCH3 is 3. The van der Waals surface area contributed by atoms with E-state index >= 15 is 0 Å². The molecule has 0 spiro atoms. The van der Waals surface area contributed by atoms with Crippen molar-refractivity contribution < 1.29 is 19.0 Å². The van der Waals surface area contributed by atoms with Crippen molar-refractivity contribution >= 4 is 11.6 Å². The van der Waals surface area contributed by atoms with E-state index in [-0.39, 0.29) is 5.91 Å². The number of hydrazone groups is 1. The number of hydrogen-bond acceptors (Lipinski definition) is 5. The number of aryl methyl sites for hydroxylation is 1. The van der Waals surface area contributed by atoms with E-state index in [0.717, 1.165) is 24.1 Å². The van der Waals surface area contributed by atoms with E-state index in [2.05, 4.69) is 16.6 Å². The Bertz CT molecular complexity index is 805. The number of carbonyl (C=O) groups excluding carboxylic acids is 1. The molecule has 0 radical (unpaired) electrons. The van der Waals surface area contributed by atoms with E-state index in [1.807, 2.05) is 18.2 Å². The highest BCUT2D eigenvalue weighted by Gasteiger charge is 2.19. The van der Waals surface area contributed by atoms with Gasteiger partial charge in [-0.1, -0.05) is 24.3 Å². The summed E-state index contributed by atoms with van der Waals surface area (Å²) in [5.74, 6) is 0.949. The molecule has 0 bridgehead atoms. The van der Waals surface area contributed by atoms with Crippen molar-refractivity contribution in [2.75, 3.05) is 21.3 Å². The average Bonchev–Trinajstić information content (AvgIpc) is 3.07. The lowest BCUT2D eigenvalue weighted by molar-refractivity contribution is 0.0954. The fourth-order valence-corrected chi connectivity index (χ4v) is 2.92. The third-order valence-electron chi connectivity index (χ3n) is 4.18. The lowest BCUT2D eigenvalue weighted by Crippen LogP contribution is -2.19. The molecule has 3 rings (SSSR count). The maximum absolute atomic E-state index is 12.5. The fourth-order valence-electron chi connectivity index (χ4n) is 2.92.